The fourth-order valence-corrected chi connectivity index (χ4v) is 2.37. The maximum Gasteiger partial charge on any atom is 0.154 e. The molecule has 4 nitrogen and oxygen atoms in total. The van der Waals surface area contributed by atoms with E-state index in [0.717, 1.165) is 19.3 Å². The Balaban J connectivity index is 4.38. The number of nitrogens with one attached hydrogen (secondary N) is 1. The summed E-state index contributed by atoms with van der Waals surface area (Å²) in [6.45, 7) is 5.61. The number of unbranched alkanes of at least 4 members (excludes halogenated alkanes) is 3. The third-order valence-corrected chi connectivity index (χ3v) is 5.54. The fraction of sp³-hybridized carbons (Fsp3) is 1.00. The van der Waals surface area contributed by atoms with Gasteiger partial charge in [0.05, 0.1) is 4.75 Å². The van der Waals surface area contributed by atoms with Gasteiger partial charge in [0, 0.05) is 12.3 Å². The largest absolute Gasteiger partial charge is 0.271 e. The molecule has 98 valence electrons. The lowest BCUT2D eigenvalue weighted by Crippen LogP contribution is -2.53. The number of nitrogens with two attached hydrogens (primary N) is 1. The smallest absolute Gasteiger partial charge is 0.154 e. The standard InChI is InChI=1S/C11H26N2O2S/c1-5-6-7-8-9-10(13-12)11(2,3)16(4,14)15/h10,13H,5-9,12H2,1-4H3. The quantitative estimate of drug-likeness (QED) is 0.390. The van der Waals surface area contributed by atoms with E-state index in [2.05, 4.69) is 12.3 Å². The lowest BCUT2D eigenvalue weighted by atomic mass is 9.97. The molecular weight excluding hydrogens is 224 g/mol. The summed E-state index contributed by atoms with van der Waals surface area (Å²) in [6, 6.07) is -0.181. The fourth-order valence-electron chi connectivity index (χ4n) is 1.67. The second-order valence-electron chi connectivity index (χ2n) is 4.94. The molecule has 0 aromatic carbocycles. The molecule has 0 saturated heterocycles. The van der Waals surface area contributed by atoms with Crippen LogP contribution in [0.2, 0.25) is 0 Å². The molecule has 0 aliphatic carbocycles. The van der Waals surface area contributed by atoms with Gasteiger partial charge in [-0.05, 0) is 20.3 Å². The Kier molecular flexibility index (Phi) is 6.51. The highest BCUT2D eigenvalue weighted by Crippen LogP contribution is 2.23. The molecule has 0 radical (unpaired) electrons. The molecule has 0 heterocycles. The Bertz CT molecular complexity index is 286. The van der Waals surface area contributed by atoms with Gasteiger partial charge in [0.15, 0.2) is 9.84 Å². The van der Waals surface area contributed by atoms with Crippen molar-refractivity contribution in [1.29, 1.82) is 0 Å². The van der Waals surface area contributed by atoms with Crippen LogP contribution >= 0.6 is 0 Å². The molecule has 0 spiro atoms. The number of sulfone groups is 1. The first-order valence-corrected chi connectivity index (χ1v) is 7.82. The molecule has 0 fully saturated rings. The van der Waals surface area contributed by atoms with Gasteiger partial charge in [-0.25, -0.2) is 8.42 Å². The lowest BCUT2D eigenvalue weighted by molar-refractivity contribution is 0.381. The van der Waals surface area contributed by atoms with Crippen LogP contribution < -0.4 is 11.3 Å². The predicted molar refractivity (Wildman–Crippen MR) is 68.8 cm³/mol. The summed E-state index contributed by atoms with van der Waals surface area (Å²) >= 11 is 0. The van der Waals surface area contributed by atoms with Gasteiger partial charge in [-0.1, -0.05) is 32.6 Å². The summed E-state index contributed by atoms with van der Waals surface area (Å²) in [6.07, 6.45) is 6.59. The van der Waals surface area contributed by atoms with Crippen LogP contribution in [0.4, 0.5) is 0 Å². The van der Waals surface area contributed by atoms with E-state index in [9.17, 15) is 8.42 Å². The van der Waals surface area contributed by atoms with Gasteiger partial charge in [-0.2, -0.15) is 0 Å². The van der Waals surface area contributed by atoms with Crippen LogP contribution in [0.25, 0.3) is 0 Å². The van der Waals surface area contributed by atoms with E-state index in [4.69, 9.17) is 5.84 Å². The number of hydrazine groups is 1. The Morgan fingerprint density at radius 1 is 1.25 bits per heavy atom. The van der Waals surface area contributed by atoms with E-state index >= 15 is 0 Å². The number of rotatable bonds is 8. The van der Waals surface area contributed by atoms with Gasteiger partial charge in [-0.15, -0.1) is 0 Å². The van der Waals surface area contributed by atoms with Gasteiger partial charge in [0.1, 0.15) is 0 Å². The Morgan fingerprint density at radius 3 is 2.19 bits per heavy atom. The van der Waals surface area contributed by atoms with Crippen LogP contribution in [0.3, 0.4) is 0 Å². The van der Waals surface area contributed by atoms with Gasteiger partial charge in [-0.3, -0.25) is 11.3 Å². The van der Waals surface area contributed by atoms with E-state index in [1.54, 1.807) is 13.8 Å². The normalized spacial score (nSPS) is 15.1. The predicted octanol–water partition coefficient (Wildman–Crippen LogP) is 1.61. The summed E-state index contributed by atoms with van der Waals surface area (Å²) in [7, 11) is -3.10. The van der Waals surface area contributed by atoms with Crippen molar-refractivity contribution in [2.75, 3.05) is 6.26 Å². The van der Waals surface area contributed by atoms with Crippen molar-refractivity contribution in [2.45, 2.75) is 63.7 Å². The van der Waals surface area contributed by atoms with Crippen molar-refractivity contribution >= 4 is 9.84 Å². The Labute approximate surface area is 99.9 Å². The maximum atomic E-state index is 11.6. The third-order valence-electron chi connectivity index (χ3n) is 3.34. The second kappa shape index (κ2) is 6.57. The Hall–Kier alpha value is -0.130. The van der Waals surface area contributed by atoms with Gasteiger partial charge < -0.3 is 0 Å². The molecule has 0 bridgehead atoms. The summed E-state index contributed by atoms with van der Waals surface area (Å²) in [4.78, 5) is 0. The van der Waals surface area contributed by atoms with Gasteiger partial charge in [0.2, 0.25) is 0 Å². The first-order valence-electron chi connectivity index (χ1n) is 5.93. The summed E-state index contributed by atoms with van der Waals surface area (Å²) in [5, 5.41) is 0. The second-order valence-corrected chi connectivity index (χ2v) is 7.54. The average Bonchev–Trinajstić information content (AvgIpc) is 2.16. The highest BCUT2D eigenvalue weighted by atomic mass is 32.2. The van der Waals surface area contributed by atoms with E-state index < -0.39 is 14.6 Å². The van der Waals surface area contributed by atoms with E-state index in [1.165, 1.54) is 19.1 Å². The molecule has 16 heavy (non-hydrogen) atoms. The van der Waals surface area contributed by atoms with Crippen LogP contribution in [-0.4, -0.2) is 25.5 Å². The van der Waals surface area contributed by atoms with Crippen LogP contribution in [-0.2, 0) is 9.84 Å². The van der Waals surface area contributed by atoms with Crippen LogP contribution in [0, 0.1) is 0 Å². The van der Waals surface area contributed by atoms with Crippen molar-refractivity contribution in [3.63, 3.8) is 0 Å². The number of hydrogen-bond acceptors (Lipinski definition) is 4. The maximum absolute atomic E-state index is 11.6. The van der Waals surface area contributed by atoms with Crippen molar-refractivity contribution in [3.05, 3.63) is 0 Å². The first kappa shape index (κ1) is 15.9. The molecule has 0 aliphatic rings. The molecule has 0 amide bonds. The average molecular weight is 250 g/mol. The lowest BCUT2D eigenvalue weighted by Gasteiger charge is -2.32. The summed E-state index contributed by atoms with van der Waals surface area (Å²) in [5.74, 6) is 5.46. The zero-order chi connectivity index (χ0) is 12.8. The minimum atomic E-state index is -3.10. The molecule has 0 aliphatic heterocycles. The monoisotopic (exact) mass is 250 g/mol. The van der Waals surface area contributed by atoms with Gasteiger partial charge in [0.25, 0.3) is 0 Å². The summed E-state index contributed by atoms with van der Waals surface area (Å²) in [5.41, 5.74) is 2.65. The molecule has 1 atom stereocenters. The molecule has 3 N–H and O–H groups in total. The first-order chi connectivity index (χ1) is 7.27. The van der Waals surface area contributed by atoms with Gasteiger partial charge >= 0.3 is 0 Å². The Morgan fingerprint density at radius 2 is 1.81 bits per heavy atom. The highest BCUT2D eigenvalue weighted by molar-refractivity contribution is 7.92. The molecule has 0 rings (SSSR count). The topological polar surface area (TPSA) is 72.2 Å². The van der Waals surface area contributed by atoms with Crippen molar-refractivity contribution < 1.29 is 8.42 Å². The van der Waals surface area contributed by atoms with E-state index in [-0.39, 0.29) is 6.04 Å². The molecule has 0 saturated carbocycles. The molecular formula is C11H26N2O2S. The van der Waals surface area contributed by atoms with Crippen LogP contribution in [0.1, 0.15) is 52.9 Å². The van der Waals surface area contributed by atoms with Crippen LogP contribution in [0.5, 0.6) is 0 Å². The zero-order valence-electron chi connectivity index (χ0n) is 10.9. The molecule has 1 unspecified atom stereocenters. The minimum absolute atomic E-state index is 0.181. The third kappa shape index (κ3) is 4.39. The SMILES string of the molecule is CCCCCCC(NN)C(C)(C)S(C)(=O)=O. The van der Waals surface area contributed by atoms with Crippen LogP contribution in [0.15, 0.2) is 0 Å². The summed E-state index contributed by atoms with van der Waals surface area (Å²) < 4.78 is 22.5. The number of hydrogen-bond donors (Lipinski definition) is 2. The molecule has 0 aromatic heterocycles. The highest BCUT2D eigenvalue weighted by Gasteiger charge is 2.37. The molecule has 0 aromatic rings. The van der Waals surface area contributed by atoms with E-state index in [1.807, 2.05) is 0 Å². The minimum Gasteiger partial charge on any atom is -0.271 e. The van der Waals surface area contributed by atoms with Crippen molar-refractivity contribution in [2.24, 2.45) is 5.84 Å². The van der Waals surface area contributed by atoms with Crippen molar-refractivity contribution in [1.82, 2.24) is 5.43 Å². The van der Waals surface area contributed by atoms with E-state index in [0.29, 0.717) is 0 Å². The molecule has 5 heteroatoms. The zero-order valence-corrected chi connectivity index (χ0v) is 11.7. The van der Waals surface area contributed by atoms with Crippen molar-refractivity contribution in [3.8, 4) is 0 Å².